The highest BCUT2D eigenvalue weighted by Gasteiger charge is 2.01. The van der Waals surface area contributed by atoms with Gasteiger partial charge >= 0.3 is 0 Å². The minimum absolute atomic E-state index is 0.270. The number of rotatable bonds is 4. The zero-order chi connectivity index (χ0) is 12.8. The Balaban J connectivity index is 2.12. The van der Waals surface area contributed by atoms with Gasteiger partial charge in [-0.15, -0.1) is 0 Å². The normalized spacial score (nSPS) is 9.78. The van der Waals surface area contributed by atoms with Gasteiger partial charge in [0, 0.05) is 6.54 Å². The SMILES string of the molecule is CNCc1cccc(Oc2cnc(C#N)cn2)c1. The Bertz CT molecular complexity index is 560. The summed E-state index contributed by atoms with van der Waals surface area (Å²) < 4.78 is 5.55. The van der Waals surface area contributed by atoms with Crippen molar-refractivity contribution in [2.75, 3.05) is 7.05 Å². The van der Waals surface area contributed by atoms with Crippen molar-refractivity contribution in [1.82, 2.24) is 15.3 Å². The van der Waals surface area contributed by atoms with E-state index in [0.29, 0.717) is 11.6 Å². The molecular weight excluding hydrogens is 228 g/mol. The van der Waals surface area contributed by atoms with Crippen molar-refractivity contribution in [1.29, 1.82) is 5.26 Å². The molecule has 2 rings (SSSR count). The highest BCUT2D eigenvalue weighted by molar-refractivity contribution is 5.31. The Hall–Kier alpha value is -2.45. The minimum Gasteiger partial charge on any atom is -0.437 e. The maximum absolute atomic E-state index is 8.61. The first kappa shape index (κ1) is 12.0. The van der Waals surface area contributed by atoms with Crippen LogP contribution in [0.4, 0.5) is 0 Å². The van der Waals surface area contributed by atoms with Crippen LogP contribution in [0.25, 0.3) is 0 Å². The van der Waals surface area contributed by atoms with Crippen molar-refractivity contribution >= 4 is 0 Å². The largest absolute Gasteiger partial charge is 0.437 e. The molecular formula is C13H12N4O. The van der Waals surface area contributed by atoms with Crippen LogP contribution in [0, 0.1) is 11.3 Å². The van der Waals surface area contributed by atoms with Crippen molar-refractivity contribution < 1.29 is 4.74 Å². The van der Waals surface area contributed by atoms with Gasteiger partial charge in [0.2, 0.25) is 5.88 Å². The molecule has 0 radical (unpaired) electrons. The lowest BCUT2D eigenvalue weighted by atomic mass is 10.2. The highest BCUT2D eigenvalue weighted by Crippen LogP contribution is 2.19. The fourth-order valence-corrected chi connectivity index (χ4v) is 1.47. The first-order chi connectivity index (χ1) is 8.81. The van der Waals surface area contributed by atoms with Gasteiger partial charge in [-0.2, -0.15) is 5.26 Å². The second-order valence-electron chi connectivity index (χ2n) is 3.63. The van der Waals surface area contributed by atoms with Crippen LogP contribution in [-0.2, 0) is 6.54 Å². The summed E-state index contributed by atoms with van der Waals surface area (Å²) in [5, 5.41) is 11.7. The van der Waals surface area contributed by atoms with Crippen LogP contribution in [0.1, 0.15) is 11.3 Å². The molecule has 0 unspecified atom stereocenters. The average molecular weight is 240 g/mol. The lowest BCUT2D eigenvalue weighted by molar-refractivity contribution is 0.459. The molecule has 0 amide bonds. The van der Waals surface area contributed by atoms with Gasteiger partial charge in [0.15, 0.2) is 5.69 Å². The Kier molecular flexibility index (Phi) is 3.84. The second kappa shape index (κ2) is 5.75. The van der Waals surface area contributed by atoms with Gasteiger partial charge < -0.3 is 10.1 Å². The molecule has 0 aliphatic heterocycles. The smallest absolute Gasteiger partial charge is 0.237 e. The van der Waals surface area contributed by atoms with E-state index in [-0.39, 0.29) is 5.69 Å². The van der Waals surface area contributed by atoms with Gasteiger partial charge in [-0.25, -0.2) is 9.97 Å². The fourth-order valence-electron chi connectivity index (χ4n) is 1.47. The predicted molar refractivity (Wildman–Crippen MR) is 66.0 cm³/mol. The first-order valence-electron chi connectivity index (χ1n) is 5.45. The summed E-state index contributed by atoms with van der Waals surface area (Å²) >= 11 is 0. The molecule has 1 aromatic carbocycles. The van der Waals surface area contributed by atoms with Crippen LogP contribution in [0.15, 0.2) is 36.7 Å². The molecule has 0 bridgehead atoms. The topological polar surface area (TPSA) is 70.8 Å². The molecule has 0 spiro atoms. The number of benzene rings is 1. The van der Waals surface area contributed by atoms with E-state index in [0.717, 1.165) is 12.1 Å². The third-order valence-electron chi connectivity index (χ3n) is 2.24. The van der Waals surface area contributed by atoms with E-state index in [4.69, 9.17) is 10.00 Å². The van der Waals surface area contributed by atoms with Crippen molar-refractivity contribution in [3.8, 4) is 17.7 Å². The number of nitrogens with one attached hydrogen (secondary N) is 1. The van der Waals surface area contributed by atoms with E-state index >= 15 is 0 Å². The molecule has 5 nitrogen and oxygen atoms in total. The molecule has 1 N–H and O–H groups in total. The summed E-state index contributed by atoms with van der Waals surface area (Å²) in [6.45, 7) is 0.774. The van der Waals surface area contributed by atoms with Gasteiger partial charge in [0.25, 0.3) is 0 Å². The Morgan fingerprint density at radius 2 is 2.22 bits per heavy atom. The van der Waals surface area contributed by atoms with Crippen molar-refractivity contribution in [2.24, 2.45) is 0 Å². The number of nitrogens with zero attached hydrogens (tertiary/aromatic N) is 3. The van der Waals surface area contributed by atoms with Gasteiger partial charge in [-0.1, -0.05) is 12.1 Å². The van der Waals surface area contributed by atoms with Crippen molar-refractivity contribution in [3.05, 3.63) is 47.9 Å². The standard InChI is InChI=1S/C13H12N4O/c1-15-7-10-3-2-4-12(5-10)18-13-9-16-11(6-14)8-17-13/h2-5,8-9,15H,7H2,1H3. The lowest BCUT2D eigenvalue weighted by Gasteiger charge is -2.06. The summed E-state index contributed by atoms with van der Waals surface area (Å²) in [6.07, 6.45) is 2.82. The Morgan fingerprint density at radius 1 is 1.33 bits per heavy atom. The van der Waals surface area contributed by atoms with Crippen molar-refractivity contribution in [2.45, 2.75) is 6.54 Å². The molecule has 0 saturated carbocycles. The molecule has 0 saturated heterocycles. The average Bonchev–Trinajstić information content (AvgIpc) is 2.40. The predicted octanol–water partition coefficient (Wildman–Crippen LogP) is 1.86. The van der Waals surface area contributed by atoms with Crippen LogP contribution >= 0.6 is 0 Å². The maximum atomic E-state index is 8.61. The third-order valence-corrected chi connectivity index (χ3v) is 2.24. The molecule has 0 aliphatic carbocycles. The quantitative estimate of drug-likeness (QED) is 0.883. The molecule has 18 heavy (non-hydrogen) atoms. The van der Waals surface area contributed by atoms with Crippen LogP contribution in [0.5, 0.6) is 11.6 Å². The molecule has 1 heterocycles. The van der Waals surface area contributed by atoms with Crippen LogP contribution in [-0.4, -0.2) is 17.0 Å². The van der Waals surface area contributed by atoms with E-state index in [1.807, 2.05) is 37.4 Å². The van der Waals surface area contributed by atoms with Crippen molar-refractivity contribution in [3.63, 3.8) is 0 Å². The van der Waals surface area contributed by atoms with Gasteiger partial charge in [0.1, 0.15) is 11.8 Å². The summed E-state index contributed by atoms with van der Waals surface area (Å²) in [6, 6.07) is 9.60. The Morgan fingerprint density at radius 3 is 2.89 bits per heavy atom. The number of nitriles is 1. The zero-order valence-electron chi connectivity index (χ0n) is 9.92. The summed E-state index contributed by atoms with van der Waals surface area (Å²) in [4.78, 5) is 7.89. The molecule has 0 atom stereocenters. The molecule has 5 heteroatoms. The minimum atomic E-state index is 0.270. The van der Waals surface area contributed by atoms with E-state index in [1.54, 1.807) is 0 Å². The summed E-state index contributed by atoms with van der Waals surface area (Å²) in [5.41, 5.74) is 1.39. The maximum Gasteiger partial charge on any atom is 0.237 e. The Labute approximate surface area is 105 Å². The molecule has 2 aromatic rings. The highest BCUT2D eigenvalue weighted by atomic mass is 16.5. The first-order valence-corrected chi connectivity index (χ1v) is 5.45. The van der Waals surface area contributed by atoms with E-state index in [2.05, 4.69) is 15.3 Å². The lowest BCUT2D eigenvalue weighted by Crippen LogP contribution is -2.04. The molecule has 0 fully saturated rings. The van der Waals surface area contributed by atoms with E-state index in [1.165, 1.54) is 12.4 Å². The van der Waals surface area contributed by atoms with Gasteiger partial charge in [-0.3, -0.25) is 0 Å². The fraction of sp³-hybridized carbons (Fsp3) is 0.154. The molecule has 0 aliphatic rings. The third kappa shape index (κ3) is 3.03. The summed E-state index contributed by atoms with van der Waals surface area (Å²) in [5.74, 6) is 1.07. The monoisotopic (exact) mass is 240 g/mol. The zero-order valence-corrected chi connectivity index (χ0v) is 9.92. The summed E-state index contributed by atoms with van der Waals surface area (Å²) in [7, 11) is 1.89. The molecule has 90 valence electrons. The number of ether oxygens (including phenoxy) is 1. The van der Waals surface area contributed by atoms with Crippen LogP contribution in [0.3, 0.4) is 0 Å². The van der Waals surface area contributed by atoms with Crippen LogP contribution < -0.4 is 10.1 Å². The van der Waals surface area contributed by atoms with Crippen LogP contribution in [0.2, 0.25) is 0 Å². The number of aromatic nitrogens is 2. The van der Waals surface area contributed by atoms with Gasteiger partial charge in [0.05, 0.1) is 12.4 Å². The number of hydrogen-bond donors (Lipinski definition) is 1. The number of hydrogen-bond acceptors (Lipinski definition) is 5. The van der Waals surface area contributed by atoms with E-state index < -0.39 is 0 Å². The second-order valence-corrected chi connectivity index (χ2v) is 3.63. The molecule has 1 aromatic heterocycles. The van der Waals surface area contributed by atoms with Gasteiger partial charge in [-0.05, 0) is 24.7 Å². The van der Waals surface area contributed by atoms with E-state index in [9.17, 15) is 0 Å².